The van der Waals surface area contributed by atoms with Crippen molar-refractivity contribution in [3.8, 4) is 11.3 Å². The van der Waals surface area contributed by atoms with Crippen molar-refractivity contribution in [3.05, 3.63) is 71.3 Å². The Kier molecular flexibility index (Phi) is 4.43. The Bertz CT molecular complexity index is 1140. The Morgan fingerprint density at radius 3 is 2.68 bits per heavy atom. The van der Waals surface area contributed by atoms with Crippen molar-refractivity contribution < 1.29 is 4.79 Å². The lowest BCUT2D eigenvalue weighted by Crippen LogP contribution is -2.30. The van der Waals surface area contributed by atoms with Crippen LogP contribution in [0.4, 0.5) is 0 Å². The molecular weight excluding hydrogens is 352 g/mol. The molecular formula is C21H22N6O. The van der Waals surface area contributed by atoms with Gasteiger partial charge in [0.2, 0.25) is 0 Å². The van der Waals surface area contributed by atoms with Gasteiger partial charge >= 0.3 is 0 Å². The van der Waals surface area contributed by atoms with Crippen LogP contribution < -0.4 is 0 Å². The number of aromatic nitrogens is 5. The molecule has 0 aliphatic heterocycles. The van der Waals surface area contributed by atoms with Crippen molar-refractivity contribution in [3.63, 3.8) is 0 Å². The van der Waals surface area contributed by atoms with Crippen LogP contribution in [0.2, 0.25) is 0 Å². The number of benzene rings is 1. The van der Waals surface area contributed by atoms with Gasteiger partial charge in [0.1, 0.15) is 5.56 Å². The van der Waals surface area contributed by atoms with E-state index in [2.05, 4.69) is 20.3 Å². The summed E-state index contributed by atoms with van der Waals surface area (Å²) < 4.78 is 1.70. The van der Waals surface area contributed by atoms with Gasteiger partial charge < -0.3 is 4.90 Å². The van der Waals surface area contributed by atoms with Crippen LogP contribution in [-0.2, 0) is 0 Å². The van der Waals surface area contributed by atoms with E-state index in [0.717, 1.165) is 28.3 Å². The Hall–Kier alpha value is -3.48. The molecule has 0 saturated carbocycles. The van der Waals surface area contributed by atoms with Gasteiger partial charge in [-0.3, -0.25) is 9.89 Å². The largest absolute Gasteiger partial charge is 0.333 e. The van der Waals surface area contributed by atoms with Crippen LogP contribution in [0.15, 0.2) is 48.7 Å². The van der Waals surface area contributed by atoms with Crippen LogP contribution in [0, 0.1) is 13.8 Å². The van der Waals surface area contributed by atoms with E-state index in [9.17, 15) is 4.79 Å². The molecule has 0 aliphatic carbocycles. The zero-order valence-electron chi connectivity index (χ0n) is 16.3. The molecule has 142 valence electrons. The summed E-state index contributed by atoms with van der Waals surface area (Å²) in [4.78, 5) is 19.3. The van der Waals surface area contributed by atoms with Crippen molar-refractivity contribution >= 4 is 11.6 Å². The van der Waals surface area contributed by atoms with E-state index in [-0.39, 0.29) is 11.9 Å². The molecule has 4 aromatic rings. The molecule has 1 aromatic carbocycles. The van der Waals surface area contributed by atoms with Crippen LogP contribution >= 0.6 is 0 Å². The summed E-state index contributed by atoms with van der Waals surface area (Å²) in [6.45, 7) is 5.83. The summed E-state index contributed by atoms with van der Waals surface area (Å²) in [5.41, 5.74) is 5.62. The molecule has 1 atom stereocenters. The number of H-pyrrole nitrogens is 1. The highest BCUT2D eigenvalue weighted by Crippen LogP contribution is 2.25. The summed E-state index contributed by atoms with van der Waals surface area (Å²) in [5, 5.41) is 11.8. The lowest BCUT2D eigenvalue weighted by atomic mass is 10.1. The van der Waals surface area contributed by atoms with E-state index < -0.39 is 0 Å². The summed E-state index contributed by atoms with van der Waals surface area (Å²) in [5.74, 6) is -0.129. The van der Waals surface area contributed by atoms with Crippen molar-refractivity contribution in [1.82, 2.24) is 29.7 Å². The standard InChI is InChI=1S/C21H22N6O/c1-13-10-14(2)27-20(23-13)17(12-22-27)21(28)26(4)15(3)18-11-19(25-24-18)16-8-6-5-7-9-16/h5-12,15H,1-4H3,(H,24,25)/t15-/m1/s1. The lowest BCUT2D eigenvalue weighted by molar-refractivity contribution is 0.0741. The number of hydrogen-bond donors (Lipinski definition) is 1. The first-order valence-electron chi connectivity index (χ1n) is 9.15. The van der Waals surface area contributed by atoms with Gasteiger partial charge in [0.15, 0.2) is 5.65 Å². The summed E-state index contributed by atoms with van der Waals surface area (Å²) in [6, 6.07) is 13.7. The second-order valence-electron chi connectivity index (χ2n) is 7.00. The van der Waals surface area contributed by atoms with Gasteiger partial charge in [-0.05, 0) is 32.9 Å². The first-order chi connectivity index (χ1) is 13.5. The minimum Gasteiger partial charge on any atom is -0.333 e. The predicted octanol–water partition coefficient (Wildman–Crippen LogP) is 3.57. The van der Waals surface area contributed by atoms with Gasteiger partial charge in [0, 0.05) is 24.0 Å². The van der Waals surface area contributed by atoms with Gasteiger partial charge in [0.05, 0.1) is 23.6 Å². The molecule has 7 heteroatoms. The van der Waals surface area contributed by atoms with E-state index in [1.165, 1.54) is 0 Å². The molecule has 3 heterocycles. The summed E-state index contributed by atoms with van der Waals surface area (Å²) in [6.07, 6.45) is 1.59. The van der Waals surface area contributed by atoms with Gasteiger partial charge in [-0.2, -0.15) is 10.2 Å². The number of aryl methyl sites for hydroxylation is 2. The average Bonchev–Trinajstić information content (AvgIpc) is 3.34. The highest BCUT2D eigenvalue weighted by Gasteiger charge is 2.24. The SMILES string of the molecule is Cc1cc(C)n2ncc(C(=O)N(C)[C@H](C)c3cc(-c4ccccc4)n[nH]3)c2n1. The highest BCUT2D eigenvalue weighted by atomic mass is 16.2. The summed E-state index contributed by atoms with van der Waals surface area (Å²) in [7, 11) is 1.78. The quantitative estimate of drug-likeness (QED) is 0.592. The molecule has 0 aliphatic rings. The predicted molar refractivity (Wildman–Crippen MR) is 107 cm³/mol. The third-order valence-corrected chi connectivity index (χ3v) is 5.03. The van der Waals surface area contributed by atoms with Crippen LogP contribution in [0.25, 0.3) is 16.9 Å². The fraction of sp³-hybridized carbons (Fsp3) is 0.238. The van der Waals surface area contributed by atoms with Crippen molar-refractivity contribution in [2.45, 2.75) is 26.8 Å². The van der Waals surface area contributed by atoms with E-state index in [0.29, 0.717) is 11.2 Å². The van der Waals surface area contributed by atoms with Crippen LogP contribution in [0.1, 0.15) is 40.4 Å². The Morgan fingerprint density at radius 2 is 1.93 bits per heavy atom. The Balaban J connectivity index is 1.62. The van der Waals surface area contributed by atoms with Crippen LogP contribution in [0.5, 0.6) is 0 Å². The second kappa shape index (κ2) is 6.92. The maximum atomic E-state index is 13.1. The lowest BCUT2D eigenvalue weighted by Gasteiger charge is -2.23. The van der Waals surface area contributed by atoms with Gasteiger partial charge in [-0.1, -0.05) is 30.3 Å². The molecule has 0 fully saturated rings. The normalized spacial score (nSPS) is 12.3. The molecule has 3 aromatic heterocycles. The molecule has 0 spiro atoms. The summed E-state index contributed by atoms with van der Waals surface area (Å²) >= 11 is 0. The molecule has 4 rings (SSSR count). The number of hydrogen-bond acceptors (Lipinski definition) is 4. The maximum Gasteiger partial charge on any atom is 0.259 e. The number of carbonyl (C=O) groups is 1. The monoisotopic (exact) mass is 374 g/mol. The van der Waals surface area contributed by atoms with Gasteiger partial charge in [-0.15, -0.1) is 0 Å². The van der Waals surface area contributed by atoms with E-state index in [4.69, 9.17) is 0 Å². The minimum atomic E-state index is -0.182. The van der Waals surface area contributed by atoms with Crippen LogP contribution in [0.3, 0.4) is 0 Å². The third-order valence-electron chi connectivity index (χ3n) is 5.03. The molecule has 1 amide bonds. The highest BCUT2D eigenvalue weighted by molar-refractivity contribution is 5.99. The fourth-order valence-corrected chi connectivity index (χ4v) is 3.30. The number of aromatic amines is 1. The number of nitrogens with one attached hydrogen (secondary N) is 1. The molecule has 0 bridgehead atoms. The number of rotatable bonds is 4. The Labute approximate surface area is 163 Å². The fourth-order valence-electron chi connectivity index (χ4n) is 3.30. The van der Waals surface area contributed by atoms with Gasteiger partial charge in [0.25, 0.3) is 5.91 Å². The molecule has 0 unspecified atom stereocenters. The topological polar surface area (TPSA) is 79.2 Å². The first kappa shape index (κ1) is 17.9. The second-order valence-corrected chi connectivity index (χ2v) is 7.00. The molecule has 1 N–H and O–H groups in total. The minimum absolute atomic E-state index is 0.129. The van der Waals surface area contributed by atoms with Crippen molar-refractivity contribution in [1.29, 1.82) is 0 Å². The van der Waals surface area contributed by atoms with E-state index >= 15 is 0 Å². The molecule has 0 saturated heterocycles. The van der Waals surface area contributed by atoms with Crippen LogP contribution in [-0.4, -0.2) is 42.7 Å². The average molecular weight is 374 g/mol. The molecule has 0 radical (unpaired) electrons. The third kappa shape index (κ3) is 3.05. The number of fused-ring (bicyclic) bond motifs is 1. The van der Waals surface area contributed by atoms with Crippen molar-refractivity contribution in [2.75, 3.05) is 7.05 Å². The number of nitrogens with zero attached hydrogens (tertiary/aromatic N) is 5. The van der Waals surface area contributed by atoms with E-state index in [1.54, 1.807) is 22.7 Å². The molecule has 28 heavy (non-hydrogen) atoms. The first-order valence-corrected chi connectivity index (χ1v) is 9.15. The zero-order valence-corrected chi connectivity index (χ0v) is 16.3. The zero-order chi connectivity index (χ0) is 19.8. The van der Waals surface area contributed by atoms with Gasteiger partial charge in [-0.25, -0.2) is 9.50 Å². The number of amides is 1. The number of carbonyl (C=O) groups excluding carboxylic acids is 1. The molecule has 7 nitrogen and oxygen atoms in total. The van der Waals surface area contributed by atoms with Crippen molar-refractivity contribution in [2.24, 2.45) is 0 Å². The van der Waals surface area contributed by atoms with E-state index in [1.807, 2.05) is 63.2 Å². The smallest absolute Gasteiger partial charge is 0.259 e. The Morgan fingerprint density at radius 1 is 1.18 bits per heavy atom. The maximum absolute atomic E-state index is 13.1.